The highest BCUT2D eigenvalue weighted by Crippen LogP contribution is 2.40. The summed E-state index contributed by atoms with van der Waals surface area (Å²) in [6.07, 6.45) is 1.56. The first-order valence-electron chi connectivity index (χ1n) is 13.1. The van der Waals surface area contributed by atoms with Gasteiger partial charge in [0.2, 0.25) is 0 Å². The highest BCUT2D eigenvalue weighted by molar-refractivity contribution is 7.80. The van der Waals surface area contributed by atoms with Crippen LogP contribution in [0.25, 0.3) is 0 Å². The Balaban J connectivity index is 0.00000337. The smallest absolute Gasteiger partial charge is 0.418 e. The van der Waals surface area contributed by atoms with Gasteiger partial charge >= 0.3 is 10.4 Å². The van der Waals surface area contributed by atoms with Gasteiger partial charge in [-0.25, -0.2) is 4.98 Å². The molecule has 1 aromatic heterocycles. The molecule has 2 fully saturated rings. The molecule has 1 unspecified atom stereocenters. The molecule has 4 rings (SSSR count). The zero-order chi connectivity index (χ0) is 30.5. The number of hydrogen-bond acceptors (Lipinski definition) is 13. The SMILES string of the molecule is C.CC1(C)C(CC(=O)/C(=N\OCCOc2ccc(C(N)=NC3CCNCC3)cc2)c2csc(N)n2)C(=O)N1OS(=O)(=O)O.S. The largest absolute Gasteiger partial charge is 0.490 e. The van der Waals surface area contributed by atoms with E-state index in [0.29, 0.717) is 16.6 Å². The van der Waals surface area contributed by atoms with Gasteiger partial charge in [-0.3, -0.25) is 19.1 Å². The second-order valence-electron chi connectivity index (χ2n) is 10.2. The van der Waals surface area contributed by atoms with Crippen LogP contribution in [0.1, 0.15) is 51.8 Å². The molecule has 3 heterocycles. The monoisotopic (exact) mass is 673 g/mol. The number of nitrogens with zero attached hydrogens (tertiary/aromatic N) is 4. The van der Waals surface area contributed by atoms with Crippen LogP contribution >= 0.6 is 24.8 Å². The van der Waals surface area contributed by atoms with Crippen molar-refractivity contribution in [3.63, 3.8) is 0 Å². The fourth-order valence-electron chi connectivity index (χ4n) is 4.52. The van der Waals surface area contributed by atoms with Gasteiger partial charge in [0.05, 0.1) is 17.5 Å². The minimum Gasteiger partial charge on any atom is -0.490 e. The molecule has 0 radical (unpaired) electrons. The molecule has 1 amide bonds. The van der Waals surface area contributed by atoms with Crippen LogP contribution in [0.2, 0.25) is 0 Å². The lowest BCUT2D eigenvalue weighted by Gasteiger charge is -2.50. The number of hydroxylamine groups is 2. The molecule has 0 saturated carbocycles. The van der Waals surface area contributed by atoms with E-state index in [2.05, 4.69) is 24.7 Å². The van der Waals surface area contributed by atoms with Crippen LogP contribution in [0.5, 0.6) is 5.75 Å². The van der Waals surface area contributed by atoms with E-state index in [-0.39, 0.29) is 63.1 Å². The van der Waals surface area contributed by atoms with E-state index >= 15 is 0 Å². The molecule has 0 spiro atoms. The number of aromatic nitrogens is 1. The Morgan fingerprint density at radius 3 is 2.45 bits per heavy atom. The van der Waals surface area contributed by atoms with Gasteiger partial charge in [-0.15, -0.1) is 15.6 Å². The number of thiazole rings is 1. The topological polar surface area (TPSA) is 221 Å². The first-order valence-corrected chi connectivity index (χ1v) is 15.3. The Bertz CT molecular complexity index is 1460. The van der Waals surface area contributed by atoms with Gasteiger partial charge in [0.25, 0.3) is 5.91 Å². The molecule has 18 heteroatoms. The average Bonchev–Trinajstić information content (AvgIpc) is 3.38. The fourth-order valence-corrected chi connectivity index (χ4v) is 5.52. The van der Waals surface area contributed by atoms with E-state index in [4.69, 9.17) is 25.6 Å². The van der Waals surface area contributed by atoms with Crippen molar-refractivity contribution in [2.45, 2.75) is 52.1 Å². The molecule has 44 heavy (non-hydrogen) atoms. The summed E-state index contributed by atoms with van der Waals surface area (Å²) in [5.74, 6) is -1.26. The summed E-state index contributed by atoms with van der Waals surface area (Å²) >= 11 is 1.09. The Hall–Kier alpha value is -3.29. The second-order valence-corrected chi connectivity index (χ2v) is 12.1. The molecule has 2 aliphatic rings. The van der Waals surface area contributed by atoms with Gasteiger partial charge < -0.3 is 26.4 Å². The number of nitrogens with two attached hydrogens (primary N) is 2. The summed E-state index contributed by atoms with van der Waals surface area (Å²) in [6, 6.07) is 7.39. The van der Waals surface area contributed by atoms with E-state index in [9.17, 15) is 18.0 Å². The molecule has 244 valence electrons. The van der Waals surface area contributed by atoms with Gasteiger partial charge in [0.15, 0.2) is 23.2 Å². The Morgan fingerprint density at radius 1 is 1.23 bits per heavy atom. The van der Waals surface area contributed by atoms with Gasteiger partial charge in [-0.2, -0.15) is 27.0 Å². The molecule has 0 aliphatic carbocycles. The predicted octanol–water partition coefficient (Wildman–Crippen LogP) is 1.66. The van der Waals surface area contributed by atoms with Crippen LogP contribution in [-0.4, -0.2) is 84.1 Å². The number of ether oxygens (including phenoxy) is 1. The number of hydrogen-bond donors (Lipinski definition) is 4. The van der Waals surface area contributed by atoms with Crippen molar-refractivity contribution in [2.75, 3.05) is 32.0 Å². The van der Waals surface area contributed by atoms with Crippen molar-refractivity contribution >= 4 is 63.6 Å². The maximum Gasteiger partial charge on any atom is 0.418 e. The molecular weight excluding hydrogens is 635 g/mol. The maximum absolute atomic E-state index is 13.2. The zero-order valence-corrected chi connectivity index (χ0v) is 26.2. The quantitative estimate of drug-likeness (QED) is 0.0596. The van der Waals surface area contributed by atoms with Crippen molar-refractivity contribution in [1.29, 1.82) is 0 Å². The molecule has 0 bridgehead atoms. The molecule has 15 nitrogen and oxygen atoms in total. The predicted molar refractivity (Wildman–Crippen MR) is 171 cm³/mol. The number of nitrogen functional groups attached to an aromatic ring is 1. The molecule has 6 N–H and O–H groups in total. The first kappa shape index (κ1) is 36.9. The highest BCUT2D eigenvalue weighted by Gasteiger charge is 2.57. The molecule has 1 atom stereocenters. The van der Waals surface area contributed by atoms with E-state index in [1.807, 2.05) is 12.1 Å². The van der Waals surface area contributed by atoms with Gasteiger partial charge in [0, 0.05) is 17.4 Å². The van der Waals surface area contributed by atoms with E-state index < -0.39 is 33.5 Å². The van der Waals surface area contributed by atoms with Gasteiger partial charge in [0.1, 0.15) is 23.9 Å². The van der Waals surface area contributed by atoms with Crippen LogP contribution < -0.4 is 21.5 Å². The molecule has 2 aromatic rings. The van der Waals surface area contributed by atoms with Crippen LogP contribution in [0.4, 0.5) is 5.13 Å². The fraction of sp³-hybridized carbons (Fsp3) is 0.500. The van der Waals surface area contributed by atoms with Crippen molar-refractivity contribution in [1.82, 2.24) is 15.4 Å². The third-order valence-electron chi connectivity index (χ3n) is 6.84. The lowest BCUT2D eigenvalue weighted by atomic mass is 9.74. The summed E-state index contributed by atoms with van der Waals surface area (Å²) in [5, 5.41) is 9.47. The number of anilines is 1. The number of Topliss-reactive ketones (excluding diaryl/α,β-unsaturated/α-hetero) is 1. The Labute approximate surface area is 267 Å². The molecule has 2 saturated heterocycles. The van der Waals surface area contributed by atoms with Crippen molar-refractivity contribution in [2.24, 2.45) is 21.8 Å². The summed E-state index contributed by atoms with van der Waals surface area (Å²) in [6.45, 7) is 4.94. The summed E-state index contributed by atoms with van der Waals surface area (Å²) in [5.41, 5.74) is 11.5. The maximum atomic E-state index is 13.2. The van der Waals surface area contributed by atoms with Crippen molar-refractivity contribution < 1.29 is 36.4 Å². The van der Waals surface area contributed by atoms with Gasteiger partial charge in [-0.1, -0.05) is 12.6 Å². The average molecular weight is 674 g/mol. The normalized spacial score (nSPS) is 18.9. The minimum atomic E-state index is -4.92. The van der Waals surface area contributed by atoms with Crippen LogP contribution in [-0.2, 0) is 29.1 Å². The van der Waals surface area contributed by atoms with E-state index in [0.717, 1.165) is 42.8 Å². The minimum absolute atomic E-state index is 0. The van der Waals surface area contributed by atoms with Crippen LogP contribution in [0.15, 0.2) is 39.8 Å². The summed E-state index contributed by atoms with van der Waals surface area (Å²) in [7, 11) is -4.92. The molecular formula is C26H39N7O8S3. The number of oxime groups is 1. The van der Waals surface area contributed by atoms with Crippen LogP contribution in [0, 0.1) is 5.92 Å². The van der Waals surface area contributed by atoms with Crippen LogP contribution in [0.3, 0.4) is 0 Å². The van der Waals surface area contributed by atoms with Crippen molar-refractivity contribution in [3.8, 4) is 5.75 Å². The number of amides is 1. The Morgan fingerprint density at radius 2 is 1.89 bits per heavy atom. The number of piperidine rings is 1. The number of aliphatic imine (C=N–C) groups is 1. The summed E-state index contributed by atoms with van der Waals surface area (Å²) < 4.78 is 41.1. The number of benzene rings is 1. The standard InChI is InChI=1S/C25H33N7O8S2.CH4.H2S/c1-25(2)18(23(34)32(25)40-42(35,36)37)13-20(33)21(19-14-41-24(27)30-19)31-39-12-11-38-17-5-3-15(4-6-17)22(26)29-16-7-9-28-10-8-16;;/h3-6,14,16,18,28H,7-13H2,1-2H3,(H2,26,29)(H2,27,30)(H,35,36,37);1H4;1H2/b31-21-;;. The zero-order valence-electron chi connectivity index (χ0n) is 23.6. The number of ketones is 1. The van der Waals surface area contributed by atoms with Crippen molar-refractivity contribution in [3.05, 3.63) is 40.9 Å². The third-order valence-corrected chi connectivity index (χ3v) is 7.85. The Kier molecular flexibility index (Phi) is 13.1. The lowest BCUT2D eigenvalue weighted by Crippen LogP contribution is -2.68. The van der Waals surface area contributed by atoms with Gasteiger partial charge in [-0.05, 0) is 64.0 Å². The molecule has 1 aromatic carbocycles. The highest BCUT2D eigenvalue weighted by atomic mass is 32.3. The lowest BCUT2D eigenvalue weighted by molar-refractivity contribution is -0.228. The van der Waals surface area contributed by atoms with E-state index in [1.165, 1.54) is 19.2 Å². The first-order chi connectivity index (χ1) is 19.8. The molecule has 2 aliphatic heterocycles. The number of carbonyl (C=O) groups excluding carboxylic acids is 2. The second kappa shape index (κ2) is 15.6. The number of rotatable bonds is 13. The number of nitrogens with one attached hydrogen (secondary N) is 1. The van der Waals surface area contributed by atoms with E-state index in [1.54, 1.807) is 12.1 Å². The number of amidine groups is 1. The third kappa shape index (κ3) is 9.35. The number of β-lactam (4-membered cyclic amide) rings is 1. The summed E-state index contributed by atoms with van der Waals surface area (Å²) in [4.78, 5) is 39.7. The number of carbonyl (C=O) groups is 2.